The predicted octanol–water partition coefficient (Wildman–Crippen LogP) is 2.61. The lowest BCUT2D eigenvalue weighted by Gasteiger charge is -2.07. The lowest BCUT2D eigenvalue weighted by molar-refractivity contribution is 0.151. The fourth-order valence-corrected chi connectivity index (χ4v) is 0.998. The van der Waals surface area contributed by atoms with Gasteiger partial charge < -0.3 is 10.5 Å². The van der Waals surface area contributed by atoms with Gasteiger partial charge in [-0.1, -0.05) is 0 Å². The molecule has 0 amide bonds. The second-order valence-electron chi connectivity index (χ2n) is 2.52. The van der Waals surface area contributed by atoms with Gasteiger partial charge in [0.15, 0.2) is 0 Å². The van der Waals surface area contributed by atoms with Crippen LogP contribution in [0.1, 0.15) is 18.9 Å². The van der Waals surface area contributed by atoms with E-state index in [1.54, 1.807) is 13.0 Å². The van der Waals surface area contributed by atoms with Gasteiger partial charge >= 0.3 is 0 Å². The number of alkyl halides is 2. The summed E-state index contributed by atoms with van der Waals surface area (Å²) in [4.78, 5) is 0. The first-order chi connectivity index (χ1) is 6.15. The van der Waals surface area contributed by atoms with Crippen LogP contribution in [0.25, 0.3) is 0 Å². The second kappa shape index (κ2) is 4.07. The van der Waals surface area contributed by atoms with E-state index in [0.717, 1.165) is 0 Å². The van der Waals surface area contributed by atoms with E-state index in [1.165, 1.54) is 12.1 Å². The van der Waals surface area contributed by atoms with Crippen LogP contribution in [0.2, 0.25) is 0 Å². The molecule has 0 aliphatic rings. The lowest BCUT2D eigenvalue weighted by atomic mass is 10.2. The minimum absolute atomic E-state index is 0.0958. The molecule has 0 fully saturated rings. The van der Waals surface area contributed by atoms with Crippen LogP contribution in [0.15, 0.2) is 18.2 Å². The summed E-state index contributed by atoms with van der Waals surface area (Å²) in [7, 11) is 0. The minimum atomic E-state index is -2.56. The van der Waals surface area contributed by atoms with Gasteiger partial charge in [-0.3, -0.25) is 0 Å². The molecule has 1 aromatic carbocycles. The van der Waals surface area contributed by atoms with Gasteiger partial charge in [0.2, 0.25) is 0 Å². The highest BCUT2D eigenvalue weighted by Crippen LogP contribution is 2.28. The van der Waals surface area contributed by atoms with Gasteiger partial charge in [0.1, 0.15) is 5.75 Å². The average Bonchev–Trinajstić information content (AvgIpc) is 2.08. The van der Waals surface area contributed by atoms with E-state index in [2.05, 4.69) is 0 Å². The van der Waals surface area contributed by atoms with E-state index in [4.69, 9.17) is 10.5 Å². The van der Waals surface area contributed by atoms with Gasteiger partial charge in [-0.15, -0.1) is 0 Å². The highest BCUT2D eigenvalue weighted by atomic mass is 19.3. The smallest absolute Gasteiger partial charge is 0.265 e. The molecule has 0 aliphatic carbocycles. The third-order valence-corrected chi connectivity index (χ3v) is 1.60. The van der Waals surface area contributed by atoms with Crippen molar-refractivity contribution in [1.29, 1.82) is 0 Å². The summed E-state index contributed by atoms with van der Waals surface area (Å²) in [5.41, 5.74) is 5.27. The number of nitrogen functional groups attached to an aromatic ring is 1. The topological polar surface area (TPSA) is 35.2 Å². The van der Waals surface area contributed by atoms with Crippen molar-refractivity contribution in [3.05, 3.63) is 23.8 Å². The van der Waals surface area contributed by atoms with Gasteiger partial charge in [0.05, 0.1) is 6.61 Å². The molecule has 0 atom stereocenters. The van der Waals surface area contributed by atoms with Crippen molar-refractivity contribution in [3.8, 4) is 5.75 Å². The lowest BCUT2D eigenvalue weighted by Crippen LogP contribution is -1.97. The number of anilines is 1. The van der Waals surface area contributed by atoms with E-state index in [9.17, 15) is 8.78 Å². The Morgan fingerprint density at radius 3 is 2.69 bits per heavy atom. The molecule has 1 aromatic rings. The molecular weight excluding hydrogens is 176 g/mol. The van der Waals surface area contributed by atoms with E-state index in [1.807, 2.05) is 0 Å². The van der Waals surface area contributed by atoms with E-state index in [-0.39, 0.29) is 11.3 Å². The first kappa shape index (κ1) is 9.77. The molecule has 0 radical (unpaired) electrons. The van der Waals surface area contributed by atoms with Crippen molar-refractivity contribution >= 4 is 5.69 Å². The van der Waals surface area contributed by atoms with Crippen LogP contribution in [0.5, 0.6) is 5.75 Å². The number of halogens is 2. The number of nitrogens with two attached hydrogens (primary N) is 1. The van der Waals surface area contributed by atoms with Crippen LogP contribution < -0.4 is 10.5 Å². The molecule has 0 saturated heterocycles. The van der Waals surface area contributed by atoms with Gasteiger partial charge in [-0.05, 0) is 25.1 Å². The molecule has 0 heterocycles. The zero-order valence-corrected chi connectivity index (χ0v) is 7.26. The van der Waals surface area contributed by atoms with Gasteiger partial charge in [0.25, 0.3) is 6.43 Å². The monoisotopic (exact) mass is 187 g/mol. The first-order valence-corrected chi connectivity index (χ1v) is 3.95. The summed E-state index contributed by atoms with van der Waals surface area (Å²) in [5, 5.41) is 0. The molecule has 2 N–H and O–H groups in total. The molecule has 0 aromatic heterocycles. The molecular formula is C9H11F2NO. The van der Waals surface area contributed by atoms with Crippen LogP contribution in [-0.4, -0.2) is 6.61 Å². The quantitative estimate of drug-likeness (QED) is 0.738. The Labute approximate surface area is 75.3 Å². The van der Waals surface area contributed by atoms with Crippen LogP contribution in [-0.2, 0) is 0 Å². The fraction of sp³-hybridized carbons (Fsp3) is 0.333. The number of hydrogen-bond acceptors (Lipinski definition) is 2. The Morgan fingerprint density at radius 1 is 1.46 bits per heavy atom. The molecule has 1 rings (SSSR count). The fourth-order valence-electron chi connectivity index (χ4n) is 0.998. The summed E-state index contributed by atoms with van der Waals surface area (Å²) >= 11 is 0. The predicted molar refractivity (Wildman–Crippen MR) is 47.0 cm³/mol. The molecule has 0 bridgehead atoms. The maximum Gasteiger partial charge on any atom is 0.265 e. The Bertz CT molecular complexity index is 289. The van der Waals surface area contributed by atoms with Crippen molar-refractivity contribution in [3.63, 3.8) is 0 Å². The Balaban J connectivity index is 2.97. The van der Waals surface area contributed by atoms with Crippen molar-refractivity contribution in [2.24, 2.45) is 0 Å². The van der Waals surface area contributed by atoms with Gasteiger partial charge in [-0.25, -0.2) is 8.78 Å². The number of ether oxygens (including phenoxy) is 1. The average molecular weight is 187 g/mol. The summed E-state index contributed by atoms with van der Waals surface area (Å²) in [6.45, 7) is 2.24. The number of rotatable bonds is 3. The summed E-state index contributed by atoms with van der Waals surface area (Å²) in [6, 6.07) is 4.26. The molecule has 72 valence electrons. The maximum absolute atomic E-state index is 12.3. The normalized spacial score (nSPS) is 10.5. The van der Waals surface area contributed by atoms with Crippen molar-refractivity contribution in [2.45, 2.75) is 13.3 Å². The summed E-state index contributed by atoms with van der Waals surface area (Å²) in [5.74, 6) is 0.423. The Kier molecular flexibility index (Phi) is 3.06. The molecule has 2 nitrogen and oxygen atoms in total. The molecule has 0 unspecified atom stereocenters. The maximum atomic E-state index is 12.3. The largest absolute Gasteiger partial charge is 0.494 e. The van der Waals surface area contributed by atoms with E-state index < -0.39 is 6.43 Å². The van der Waals surface area contributed by atoms with Gasteiger partial charge in [0, 0.05) is 11.3 Å². The first-order valence-electron chi connectivity index (χ1n) is 3.95. The van der Waals surface area contributed by atoms with Crippen LogP contribution in [0.3, 0.4) is 0 Å². The highest BCUT2D eigenvalue weighted by Gasteiger charge is 2.11. The van der Waals surface area contributed by atoms with E-state index in [0.29, 0.717) is 12.4 Å². The molecule has 13 heavy (non-hydrogen) atoms. The van der Waals surface area contributed by atoms with E-state index >= 15 is 0 Å². The molecule has 0 spiro atoms. The highest BCUT2D eigenvalue weighted by molar-refractivity contribution is 5.51. The third kappa shape index (κ3) is 2.31. The molecule has 0 saturated carbocycles. The van der Waals surface area contributed by atoms with Crippen LogP contribution in [0, 0.1) is 0 Å². The Hall–Kier alpha value is -1.32. The zero-order chi connectivity index (χ0) is 9.84. The standard InChI is InChI=1S/C9H11F2NO/c1-2-13-6-3-4-8(12)7(5-6)9(10)11/h3-5,9H,2,12H2,1H3. The third-order valence-electron chi connectivity index (χ3n) is 1.60. The zero-order valence-electron chi connectivity index (χ0n) is 7.26. The second-order valence-corrected chi connectivity index (χ2v) is 2.52. The SMILES string of the molecule is CCOc1ccc(N)c(C(F)F)c1. The van der Waals surface area contributed by atoms with Crippen molar-refractivity contribution in [1.82, 2.24) is 0 Å². The van der Waals surface area contributed by atoms with Crippen LogP contribution in [0.4, 0.5) is 14.5 Å². The number of hydrogen-bond donors (Lipinski definition) is 1. The summed E-state index contributed by atoms with van der Waals surface area (Å²) < 4.78 is 29.7. The van der Waals surface area contributed by atoms with Crippen LogP contribution >= 0.6 is 0 Å². The summed E-state index contributed by atoms with van der Waals surface area (Å²) in [6.07, 6.45) is -2.56. The van der Waals surface area contributed by atoms with Crippen molar-refractivity contribution < 1.29 is 13.5 Å². The molecule has 4 heteroatoms. The minimum Gasteiger partial charge on any atom is -0.494 e. The van der Waals surface area contributed by atoms with Gasteiger partial charge in [-0.2, -0.15) is 0 Å². The Morgan fingerprint density at radius 2 is 2.15 bits per heavy atom. The van der Waals surface area contributed by atoms with Crippen molar-refractivity contribution in [2.75, 3.05) is 12.3 Å². The number of benzene rings is 1. The molecule has 0 aliphatic heterocycles.